The summed E-state index contributed by atoms with van der Waals surface area (Å²) in [6.45, 7) is 7.76. The summed E-state index contributed by atoms with van der Waals surface area (Å²) in [5.41, 5.74) is 5.10. The highest BCUT2D eigenvalue weighted by Crippen LogP contribution is 2.22. The Bertz CT molecular complexity index is 1150. The van der Waals surface area contributed by atoms with Crippen LogP contribution >= 0.6 is 0 Å². The molecule has 1 N–H and O–H groups in total. The van der Waals surface area contributed by atoms with E-state index in [1.165, 1.54) is 18.3 Å². The number of carbonyl (C=O) groups is 1. The molecule has 3 rings (SSSR count). The van der Waals surface area contributed by atoms with E-state index in [0.717, 1.165) is 22.3 Å². The van der Waals surface area contributed by atoms with Crippen molar-refractivity contribution in [3.8, 4) is 0 Å². The molecule has 0 fully saturated rings. The second-order valence-corrected chi connectivity index (χ2v) is 8.78. The molecule has 0 radical (unpaired) electrons. The molecule has 0 atom stereocenters. The van der Waals surface area contributed by atoms with Gasteiger partial charge in [-0.05, 0) is 86.3 Å². The van der Waals surface area contributed by atoms with E-state index < -0.39 is 9.84 Å². The van der Waals surface area contributed by atoms with E-state index in [2.05, 4.69) is 10.3 Å². The quantitative estimate of drug-likeness (QED) is 0.712. The Morgan fingerprint density at radius 3 is 2.04 bits per heavy atom. The first-order chi connectivity index (χ1) is 13.2. The van der Waals surface area contributed by atoms with Crippen molar-refractivity contribution < 1.29 is 13.2 Å². The molecule has 1 aromatic heterocycles. The fourth-order valence-corrected chi connectivity index (χ4v) is 3.96. The van der Waals surface area contributed by atoms with Gasteiger partial charge in [-0.1, -0.05) is 12.1 Å². The Balaban J connectivity index is 1.83. The average Bonchev–Trinajstić information content (AvgIpc) is 2.67. The first kappa shape index (κ1) is 19.8. The number of nitrogens with zero attached hydrogens (tertiary/aromatic N) is 1. The molecule has 0 saturated carbocycles. The van der Waals surface area contributed by atoms with Crippen molar-refractivity contribution in [1.82, 2.24) is 4.98 Å². The van der Waals surface area contributed by atoms with Crippen molar-refractivity contribution in [3.63, 3.8) is 0 Å². The monoisotopic (exact) mass is 394 g/mol. The second kappa shape index (κ2) is 7.56. The van der Waals surface area contributed by atoms with Gasteiger partial charge in [-0.25, -0.2) is 13.4 Å². The molecule has 0 spiro atoms. The van der Waals surface area contributed by atoms with Crippen LogP contribution in [0.25, 0.3) is 0 Å². The number of aryl methyl sites for hydroxylation is 4. The molecule has 0 aliphatic rings. The predicted octanol–water partition coefficient (Wildman–Crippen LogP) is 4.40. The molecule has 0 aliphatic heterocycles. The zero-order chi connectivity index (χ0) is 20.5. The second-order valence-electron chi connectivity index (χ2n) is 6.89. The summed E-state index contributed by atoms with van der Waals surface area (Å²) in [5.74, 6) is -0.342. The first-order valence-electron chi connectivity index (χ1n) is 8.85. The molecule has 28 heavy (non-hydrogen) atoms. The lowest BCUT2D eigenvalue weighted by molar-refractivity contribution is 0.102. The maximum atomic E-state index is 12.8. The maximum Gasteiger partial charge on any atom is 0.257 e. The number of amides is 1. The molecule has 0 bridgehead atoms. The third-order valence-electron chi connectivity index (χ3n) is 4.83. The van der Waals surface area contributed by atoms with Gasteiger partial charge in [0, 0.05) is 11.9 Å². The summed E-state index contributed by atoms with van der Waals surface area (Å²) >= 11 is 0. The molecule has 1 heterocycles. The lowest BCUT2D eigenvalue weighted by Crippen LogP contribution is -2.13. The van der Waals surface area contributed by atoms with Crippen LogP contribution in [0.15, 0.2) is 64.6 Å². The highest BCUT2D eigenvalue weighted by molar-refractivity contribution is 7.91. The number of aromatic nitrogens is 1. The molecule has 0 aliphatic carbocycles. The van der Waals surface area contributed by atoms with E-state index in [0.29, 0.717) is 5.69 Å². The van der Waals surface area contributed by atoms with Crippen LogP contribution in [0.4, 0.5) is 5.69 Å². The van der Waals surface area contributed by atoms with Crippen molar-refractivity contribution in [2.45, 2.75) is 37.6 Å². The minimum Gasteiger partial charge on any atom is -0.322 e. The Labute approximate surface area is 165 Å². The molecule has 0 unspecified atom stereocenters. The zero-order valence-electron chi connectivity index (χ0n) is 16.3. The van der Waals surface area contributed by atoms with Crippen molar-refractivity contribution in [1.29, 1.82) is 0 Å². The summed E-state index contributed by atoms with van der Waals surface area (Å²) in [5, 5.41) is 2.72. The minimum absolute atomic E-state index is 0.0847. The summed E-state index contributed by atoms with van der Waals surface area (Å²) in [6, 6.07) is 13.4. The van der Waals surface area contributed by atoms with Gasteiger partial charge in [-0.15, -0.1) is 0 Å². The van der Waals surface area contributed by atoms with Crippen LogP contribution in [0.5, 0.6) is 0 Å². The summed E-state index contributed by atoms with van der Waals surface area (Å²) < 4.78 is 25.6. The lowest BCUT2D eigenvalue weighted by atomic mass is 10.1. The van der Waals surface area contributed by atoms with Crippen molar-refractivity contribution in [2.24, 2.45) is 0 Å². The molecule has 144 valence electrons. The average molecular weight is 394 g/mol. The van der Waals surface area contributed by atoms with Crippen LogP contribution < -0.4 is 5.32 Å². The van der Waals surface area contributed by atoms with Crippen LogP contribution in [-0.4, -0.2) is 19.3 Å². The van der Waals surface area contributed by atoms with E-state index in [1.54, 1.807) is 18.2 Å². The third-order valence-corrected chi connectivity index (χ3v) is 6.49. The topological polar surface area (TPSA) is 76.1 Å². The SMILES string of the molecule is Cc1ccc(NC(=O)c2ccc(S(=O)(=O)c3ccc(C)c(C)c3)nc2)cc1C. The number of benzene rings is 2. The normalized spacial score (nSPS) is 11.3. The van der Waals surface area contributed by atoms with Crippen LogP contribution in [0.3, 0.4) is 0 Å². The van der Waals surface area contributed by atoms with Crippen LogP contribution in [0.1, 0.15) is 32.6 Å². The molecule has 0 saturated heterocycles. The van der Waals surface area contributed by atoms with Gasteiger partial charge < -0.3 is 5.32 Å². The van der Waals surface area contributed by atoms with Gasteiger partial charge in [-0.3, -0.25) is 4.79 Å². The van der Waals surface area contributed by atoms with Gasteiger partial charge >= 0.3 is 0 Å². The summed E-state index contributed by atoms with van der Waals surface area (Å²) in [6.07, 6.45) is 1.28. The number of hydrogen-bond donors (Lipinski definition) is 1. The maximum absolute atomic E-state index is 12.8. The Hall–Kier alpha value is -2.99. The molecule has 1 amide bonds. The van der Waals surface area contributed by atoms with E-state index >= 15 is 0 Å². The van der Waals surface area contributed by atoms with Gasteiger partial charge in [0.25, 0.3) is 5.91 Å². The van der Waals surface area contributed by atoms with Gasteiger partial charge in [0.15, 0.2) is 5.03 Å². The lowest BCUT2D eigenvalue weighted by Gasteiger charge is -2.09. The van der Waals surface area contributed by atoms with Crippen molar-refractivity contribution in [3.05, 3.63) is 82.5 Å². The first-order valence-corrected chi connectivity index (χ1v) is 10.3. The Morgan fingerprint density at radius 1 is 0.821 bits per heavy atom. The smallest absolute Gasteiger partial charge is 0.257 e. The third kappa shape index (κ3) is 3.97. The number of rotatable bonds is 4. The highest BCUT2D eigenvalue weighted by atomic mass is 32.2. The number of anilines is 1. The zero-order valence-corrected chi connectivity index (χ0v) is 17.1. The number of hydrogen-bond acceptors (Lipinski definition) is 4. The fraction of sp³-hybridized carbons (Fsp3) is 0.182. The van der Waals surface area contributed by atoms with E-state index in [1.807, 2.05) is 45.9 Å². The standard InChI is InChI=1S/C22H22N2O3S/c1-14-5-8-19(11-16(14)3)24-22(25)18-7-10-21(23-13-18)28(26,27)20-9-6-15(2)17(4)12-20/h5-13H,1-4H3,(H,24,25). The van der Waals surface area contributed by atoms with Crippen LogP contribution in [-0.2, 0) is 9.84 Å². The highest BCUT2D eigenvalue weighted by Gasteiger charge is 2.20. The number of carbonyl (C=O) groups excluding carboxylic acids is 1. The molecule has 6 heteroatoms. The van der Waals surface area contributed by atoms with Gasteiger partial charge in [0.2, 0.25) is 9.84 Å². The van der Waals surface area contributed by atoms with Crippen molar-refractivity contribution in [2.75, 3.05) is 5.32 Å². The van der Waals surface area contributed by atoms with Crippen LogP contribution in [0.2, 0.25) is 0 Å². The molecule has 3 aromatic rings. The molecular formula is C22H22N2O3S. The number of sulfone groups is 1. The minimum atomic E-state index is -3.73. The van der Waals surface area contributed by atoms with Crippen molar-refractivity contribution >= 4 is 21.4 Å². The fourth-order valence-electron chi connectivity index (χ4n) is 2.70. The molecular weight excluding hydrogens is 372 g/mol. The predicted molar refractivity (Wildman–Crippen MR) is 109 cm³/mol. The van der Waals surface area contributed by atoms with E-state index in [9.17, 15) is 13.2 Å². The summed E-state index contributed by atoms with van der Waals surface area (Å²) in [4.78, 5) is 16.6. The van der Waals surface area contributed by atoms with Gasteiger partial charge in [0.1, 0.15) is 0 Å². The van der Waals surface area contributed by atoms with E-state index in [4.69, 9.17) is 0 Å². The Morgan fingerprint density at radius 2 is 1.46 bits per heavy atom. The molecule has 5 nitrogen and oxygen atoms in total. The van der Waals surface area contributed by atoms with Crippen LogP contribution in [0, 0.1) is 27.7 Å². The van der Waals surface area contributed by atoms with Gasteiger partial charge in [-0.2, -0.15) is 0 Å². The number of pyridine rings is 1. The Kier molecular flexibility index (Phi) is 5.34. The van der Waals surface area contributed by atoms with Gasteiger partial charge in [0.05, 0.1) is 10.5 Å². The number of nitrogens with one attached hydrogen (secondary N) is 1. The molecule has 2 aromatic carbocycles. The largest absolute Gasteiger partial charge is 0.322 e. The summed E-state index contributed by atoms with van der Waals surface area (Å²) in [7, 11) is -3.73. The van der Waals surface area contributed by atoms with E-state index in [-0.39, 0.29) is 21.4 Å².